The van der Waals surface area contributed by atoms with Crippen molar-refractivity contribution in [3.8, 4) is 5.75 Å². The second-order valence-corrected chi connectivity index (χ2v) is 6.62. The predicted molar refractivity (Wildman–Crippen MR) is 94.9 cm³/mol. The van der Waals surface area contributed by atoms with Gasteiger partial charge in [0.15, 0.2) is 6.10 Å². The second kappa shape index (κ2) is 7.36. The van der Waals surface area contributed by atoms with Crippen molar-refractivity contribution < 1.29 is 14.6 Å². The molecule has 24 heavy (non-hydrogen) atoms. The first kappa shape index (κ1) is 17.8. The molecule has 0 aliphatic rings. The first-order chi connectivity index (χ1) is 11.3. The first-order valence-corrected chi connectivity index (χ1v) is 7.79. The number of anilines is 1. The minimum absolute atomic E-state index is 0.0737. The molecule has 0 aromatic heterocycles. The lowest BCUT2D eigenvalue weighted by atomic mass is 9.87. The molecular weight excluding hydrogens is 304 g/mol. The molecule has 0 saturated carbocycles. The molecule has 0 spiro atoms. The number of methoxy groups -OCH3 is 1. The highest BCUT2D eigenvalue weighted by Crippen LogP contribution is 2.23. The fourth-order valence-electron chi connectivity index (χ4n) is 2.22. The van der Waals surface area contributed by atoms with Gasteiger partial charge in [-0.25, -0.2) is 0 Å². The number of amides is 1. The van der Waals surface area contributed by atoms with E-state index in [0.29, 0.717) is 11.3 Å². The third kappa shape index (κ3) is 4.49. The number of rotatable bonds is 5. The van der Waals surface area contributed by atoms with Crippen molar-refractivity contribution in [3.05, 3.63) is 59.7 Å². The Morgan fingerprint density at radius 1 is 1.12 bits per heavy atom. The predicted octanol–water partition coefficient (Wildman–Crippen LogP) is 3.17. The van der Waals surface area contributed by atoms with Crippen molar-refractivity contribution in [2.45, 2.75) is 32.3 Å². The Bertz CT molecular complexity index is 691. The number of nitrogens with one attached hydrogen (secondary N) is 2. The largest absolute Gasteiger partial charge is 0.497 e. The summed E-state index contributed by atoms with van der Waals surface area (Å²) in [7, 11) is 1.54. The zero-order valence-corrected chi connectivity index (χ0v) is 14.5. The topological polar surface area (TPSA) is 70.6 Å². The summed E-state index contributed by atoms with van der Waals surface area (Å²) in [6, 6.07) is 14.6. The molecule has 1 unspecified atom stereocenters. The van der Waals surface area contributed by atoms with Crippen molar-refractivity contribution in [1.29, 1.82) is 0 Å². The summed E-state index contributed by atoms with van der Waals surface area (Å²) in [5.41, 5.74) is 7.82. The van der Waals surface area contributed by atoms with E-state index in [1.165, 1.54) is 12.7 Å². The monoisotopic (exact) mass is 328 g/mol. The Kier molecular flexibility index (Phi) is 5.46. The van der Waals surface area contributed by atoms with Crippen molar-refractivity contribution >= 4 is 11.6 Å². The van der Waals surface area contributed by atoms with Crippen molar-refractivity contribution in [2.75, 3.05) is 12.5 Å². The van der Waals surface area contributed by atoms with Gasteiger partial charge in [0.25, 0.3) is 5.91 Å². The molecule has 0 aliphatic heterocycles. The number of aliphatic hydroxyl groups excluding tert-OH is 1. The van der Waals surface area contributed by atoms with E-state index in [4.69, 9.17) is 4.74 Å². The molecule has 0 aliphatic carbocycles. The summed E-state index contributed by atoms with van der Waals surface area (Å²) in [6.45, 7) is 6.42. The van der Waals surface area contributed by atoms with Crippen LogP contribution in [0, 0.1) is 0 Å². The van der Waals surface area contributed by atoms with Gasteiger partial charge >= 0.3 is 0 Å². The molecule has 0 fully saturated rings. The van der Waals surface area contributed by atoms with Gasteiger partial charge in [-0.1, -0.05) is 45.0 Å². The molecule has 2 aromatic carbocycles. The van der Waals surface area contributed by atoms with E-state index in [-0.39, 0.29) is 5.41 Å². The number of ether oxygens (including phenoxy) is 1. The summed E-state index contributed by atoms with van der Waals surface area (Å²) in [4.78, 5) is 12.1. The average molecular weight is 328 g/mol. The molecule has 0 saturated heterocycles. The van der Waals surface area contributed by atoms with E-state index in [2.05, 4.69) is 31.6 Å². The van der Waals surface area contributed by atoms with E-state index in [9.17, 15) is 9.90 Å². The van der Waals surface area contributed by atoms with Gasteiger partial charge in [-0.15, -0.1) is 0 Å². The van der Waals surface area contributed by atoms with Gasteiger partial charge in [0.1, 0.15) is 5.75 Å². The summed E-state index contributed by atoms with van der Waals surface area (Å²) in [5.74, 6) is 0.0493. The lowest BCUT2D eigenvalue weighted by Crippen LogP contribution is -2.33. The quantitative estimate of drug-likeness (QED) is 0.737. The minimum atomic E-state index is -1.28. The third-order valence-corrected chi connectivity index (χ3v) is 3.74. The Balaban J connectivity index is 1.97. The summed E-state index contributed by atoms with van der Waals surface area (Å²) in [6.07, 6.45) is -1.28. The fraction of sp³-hybridized carbons (Fsp3) is 0.316. The fourth-order valence-corrected chi connectivity index (χ4v) is 2.22. The Hall–Kier alpha value is -2.53. The molecule has 0 heterocycles. The highest BCUT2D eigenvalue weighted by Gasteiger charge is 2.18. The van der Waals surface area contributed by atoms with E-state index in [0.717, 1.165) is 5.69 Å². The van der Waals surface area contributed by atoms with Crippen LogP contribution >= 0.6 is 0 Å². The minimum Gasteiger partial charge on any atom is -0.497 e. The van der Waals surface area contributed by atoms with Gasteiger partial charge < -0.3 is 9.84 Å². The summed E-state index contributed by atoms with van der Waals surface area (Å²) >= 11 is 0. The molecule has 5 nitrogen and oxygen atoms in total. The number of carbonyl (C=O) groups excluding carboxylic acids is 1. The van der Waals surface area contributed by atoms with Crippen LogP contribution in [0.25, 0.3) is 0 Å². The summed E-state index contributed by atoms with van der Waals surface area (Å²) in [5, 5.41) is 10.1. The average Bonchev–Trinajstić information content (AvgIpc) is 2.58. The zero-order valence-electron chi connectivity index (χ0n) is 14.5. The maximum absolute atomic E-state index is 12.1. The normalized spacial score (nSPS) is 12.4. The van der Waals surface area contributed by atoms with Crippen LogP contribution in [0.15, 0.2) is 48.5 Å². The molecule has 1 atom stereocenters. The van der Waals surface area contributed by atoms with Crippen LogP contribution in [0.5, 0.6) is 5.75 Å². The molecule has 1 amide bonds. The van der Waals surface area contributed by atoms with E-state index < -0.39 is 12.0 Å². The number of hydrazine groups is 1. The lowest BCUT2D eigenvalue weighted by molar-refractivity contribution is -0.129. The Labute approximate surface area is 142 Å². The van der Waals surface area contributed by atoms with Gasteiger partial charge in [-0.2, -0.15) is 0 Å². The SMILES string of the molecule is COc1cccc(C(O)C(=O)NNc2ccc(C(C)(C)C)cc2)c1. The van der Waals surface area contributed by atoms with Crippen LogP contribution < -0.4 is 15.6 Å². The van der Waals surface area contributed by atoms with Gasteiger partial charge in [-0.05, 0) is 40.8 Å². The number of carbonyl (C=O) groups is 1. The molecular formula is C19H24N2O3. The highest BCUT2D eigenvalue weighted by molar-refractivity contribution is 5.83. The van der Waals surface area contributed by atoms with Crippen molar-refractivity contribution in [1.82, 2.24) is 5.43 Å². The van der Waals surface area contributed by atoms with Gasteiger partial charge in [0.05, 0.1) is 12.8 Å². The maximum atomic E-state index is 12.1. The van der Waals surface area contributed by atoms with Gasteiger partial charge in [0.2, 0.25) is 0 Å². The van der Waals surface area contributed by atoms with E-state index in [1.54, 1.807) is 24.3 Å². The first-order valence-electron chi connectivity index (χ1n) is 7.79. The molecule has 128 valence electrons. The number of benzene rings is 2. The summed E-state index contributed by atoms with van der Waals surface area (Å²) < 4.78 is 5.09. The molecule has 2 aromatic rings. The van der Waals surface area contributed by atoms with Gasteiger partial charge in [-0.3, -0.25) is 15.6 Å². The third-order valence-electron chi connectivity index (χ3n) is 3.74. The molecule has 2 rings (SSSR count). The van der Waals surface area contributed by atoms with Crippen LogP contribution in [-0.2, 0) is 10.2 Å². The number of hydrogen-bond acceptors (Lipinski definition) is 4. The van der Waals surface area contributed by atoms with Crippen molar-refractivity contribution in [2.24, 2.45) is 0 Å². The maximum Gasteiger partial charge on any atom is 0.271 e. The molecule has 5 heteroatoms. The Morgan fingerprint density at radius 2 is 1.79 bits per heavy atom. The lowest BCUT2D eigenvalue weighted by Gasteiger charge is -2.19. The smallest absolute Gasteiger partial charge is 0.271 e. The van der Waals surface area contributed by atoms with Crippen LogP contribution in [0.1, 0.15) is 38.0 Å². The molecule has 0 radical (unpaired) electrons. The molecule has 3 N–H and O–H groups in total. The standard InChI is InChI=1S/C19H24N2O3/c1-19(2,3)14-8-10-15(11-9-14)20-21-18(23)17(22)13-6-5-7-16(12-13)24-4/h5-12,17,20,22H,1-4H3,(H,21,23). The number of hydrogen-bond donors (Lipinski definition) is 3. The van der Waals surface area contributed by atoms with Crippen molar-refractivity contribution in [3.63, 3.8) is 0 Å². The Morgan fingerprint density at radius 3 is 2.38 bits per heavy atom. The van der Waals surface area contributed by atoms with Crippen LogP contribution in [0.3, 0.4) is 0 Å². The number of aliphatic hydroxyl groups is 1. The van der Waals surface area contributed by atoms with Crippen LogP contribution in [0.2, 0.25) is 0 Å². The van der Waals surface area contributed by atoms with Crippen LogP contribution in [-0.4, -0.2) is 18.1 Å². The van der Waals surface area contributed by atoms with Gasteiger partial charge in [0, 0.05) is 0 Å². The highest BCUT2D eigenvalue weighted by atomic mass is 16.5. The molecule has 0 bridgehead atoms. The van der Waals surface area contributed by atoms with E-state index >= 15 is 0 Å². The second-order valence-electron chi connectivity index (χ2n) is 6.62. The van der Waals surface area contributed by atoms with Crippen LogP contribution in [0.4, 0.5) is 5.69 Å². The van der Waals surface area contributed by atoms with E-state index in [1.807, 2.05) is 24.3 Å². The zero-order chi connectivity index (χ0) is 17.7.